The number of likely N-dealkylation sites (tertiary alicyclic amines) is 1. The molecule has 9 heteroatoms. The SMILES string of the molecule is CCOC(=O)C1CC(C)(C(=O)O)N(C(=O)c2ccc(OC)c(OC)c2)C1c1ccc(OC)cc1. The molecule has 0 spiro atoms. The first-order valence-corrected chi connectivity index (χ1v) is 10.8. The van der Waals surface area contributed by atoms with Crippen LogP contribution in [-0.4, -0.2) is 61.3 Å². The van der Waals surface area contributed by atoms with Gasteiger partial charge in [-0.15, -0.1) is 0 Å². The summed E-state index contributed by atoms with van der Waals surface area (Å²) in [6.45, 7) is 3.26. The van der Waals surface area contributed by atoms with Crippen LogP contribution in [0.1, 0.15) is 42.2 Å². The predicted molar refractivity (Wildman–Crippen MR) is 122 cm³/mol. The number of carbonyl (C=O) groups is 3. The third-order valence-corrected chi connectivity index (χ3v) is 6.17. The molecule has 2 aromatic rings. The molecule has 3 rings (SSSR count). The maximum atomic E-state index is 13.9. The van der Waals surface area contributed by atoms with Gasteiger partial charge in [0.2, 0.25) is 0 Å². The van der Waals surface area contributed by atoms with Gasteiger partial charge in [-0.25, -0.2) is 4.79 Å². The van der Waals surface area contributed by atoms with E-state index in [0.29, 0.717) is 22.8 Å². The first-order chi connectivity index (χ1) is 16.2. The van der Waals surface area contributed by atoms with Crippen LogP contribution >= 0.6 is 0 Å². The van der Waals surface area contributed by atoms with E-state index in [4.69, 9.17) is 18.9 Å². The van der Waals surface area contributed by atoms with E-state index in [1.165, 1.54) is 45.3 Å². The smallest absolute Gasteiger partial charge is 0.329 e. The summed E-state index contributed by atoms with van der Waals surface area (Å²) >= 11 is 0. The van der Waals surface area contributed by atoms with Crippen molar-refractivity contribution in [2.75, 3.05) is 27.9 Å². The van der Waals surface area contributed by atoms with E-state index in [1.807, 2.05) is 0 Å². The highest BCUT2D eigenvalue weighted by Gasteiger charge is 2.58. The fourth-order valence-electron chi connectivity index (χ4n) is 4.42. The lowest BCUT2D eigenvalue weighted by Crippen LogP contribution is -2.51. The molecule has 0 aliphatic carbocycles. The number of carbonyl (C=O) groups excluding carboxylic acids is 2. The van der Waals surface area contributed by atoms with Crippen molar-refractivity contribution in [3.8, 4) is 17.2 Å². The van der Waals surface area contributed by atoms with Gasteiger partial charge in [0.15, 0.2) is 11.5 Å². The van der Waals surface area contributed by atoms with Gasteiger partial charge in [-0.3, -0.25) is 9.59 Å². The molecule has 3 atom stereocenters. The minimum Gasteiger partial charge on any atom is -0.497 e. The summed E-state index contributed by atoms with van der Waals surface area (Å²) in [5, 5.41) is 10.2. The van der Waals surface area contributed by atoms with Crippen LogP contribution in [0.25, 0.3) is 0 Å². The highest BCUT2D eigenvalue weighted by atomic mass is 16.5. The summed E-state index contributed by atoms with van der Waals surface area (Å²) in [7, 11) is 4.45. The molecule has 1 aliphatic heterocycles. The Morgan fingerprint density at radius 3 is 2.18 bits per heavy atom. The molecule has 9 nitrogen and oxygen atoms in total. The largest absolute Gasteiger partial charge is 0.497 e. The molecule has 3 unspecified atom stereocenters. The van der Waals surface area contributed by atoms with Crippen LogP contribution in [0.15, 0.2) is 42.5 Å². The Kier molecular flexibility index (Phi) is 7.34. The molecule has 34 heavy (non-hydrogen) atoms. The zero-order valence-corrected chi connectivity index (χ0v) is 19.9. The van der Waals surface area contributed by atoms with E-state index >= 15 is 0 Å². The van der Waals surface area contributed by atoms with Gasteiger partial charge >= 0.3 is 11.9 Å². The van der Waals surface area contributed by atoms with Crippen molar-refractivity contribution in [2.45, 2.75) is 31.8 Å². The Hall–Kier alpha value is -3.75. The number of benzene rings is 2. The molecule has 1 amide bonds. The molecular weight excluding hydrogens is 442 g/mol. The molecule has 182 valence electrons. The summed E-state index contributed by atoms with van der Waals surface area (Å²) in [5.74, 6) is -1.86. The molecule has 2 aromatic carbocycles. The number of hydrogen-bond donors (Lipinski definition) is 1. The van der Waals surface area contributed by atoms with Crippen LogP contribution in [-0.2, 0) is 14.3 Å². The fraction of sp³-hybridized carbons (Fsp3) is 0.400. The molecule has 1 aliphatic rings. The van der Waals surface area contributed by atoms with Crippen LogP contribution in [0.2, 0.25) is 0 Å². The first-order valence-electron chi connectivity index (χ1n) is 10.8. The minimum atomic E-state index is -1.66. The summed E-state index contributed by atoms with van der Waals surface area (Å²) in [6, 6.07) is 10.6. The Bertz CT molecular complexity index is 1070. The van der Waals surface area contributed by atoms with Crippen LogP contribution in [0.3, 0.4) is 0 Å². The number of ether oxygens (including phenoxy) is 4. The van der Waals surface area contributed by atoms with Gasteiger partial charge in [0.1, 0.15) is 11.3 Å². The van der Waals surface area contributed by atoms with Gasteiger partial charge in [-0.1, -0.05) is 12.1 Å². The Labute approximate surface area is 198 Å². The number of hydrogen-bond acceptors (Lipinski definition) is 7. The van der Waals surface area contributed by atoms with Gasteiger partial charge in [0.05, 0.1) is 39.9 Å². The lowest BCUT2D eigenvalue weighted by Gasteiger charge is -2.36. The number of aliphatic carboxylic acids is 1. The highest BCUT2D eigenvalue weighted by molar-refractivity contribution is 6.00. The maximum absolute atomic E-state index is 13.9. The molecule has 1 saturated heterocycles. The lowest BCUT2D eigenvalue weighted by atomic mass is 9.90. The normalized spacial score (nSPS) is 21.6. The van der Waals surface area contributed by atoms with Gasteiger partial charge in [-0.05, 0) is 56.2 Å². The average Bonchev–Trinajstić information content (AvgIpc) is 3.17. The molecular formula is C25H29NO8. The molecule has 0 aromatic heterocycles. The van der Waals surface area contributed by atoms with Gasteiger partial charge in [-0.2, -0.15) is 0 Å². The fourth-order valence-corrected chi connectivity index (χ4v) is 4.42. The maximum Gasteiger partial charge on any atom is 0.329 e. The summed E-state index contributed by atoms with van der Waals surface area (Å²) in [6.07, 6.45) is -0.100. The topological polar surface area (TPSA) is 112 Å². The number of methoxy groups -OCH3 is 3. The van der Waals surface area contributed by atoms with Gasteiger partial charge < -0.3 is 29.0 Å². The quantitative estimate of drug-likeness (QED) is 0.584. The van der Waals surface area contributed by atoms with E-state index in [-0.39, 0.29) is 18.6 Å². The number of carboxylic acids is 1. The lowest BCUT2D eigenvalue weighted by molar-refractivity contribution is -0.148. The summed E-state index contributed by atoms with van der Waals surface area (Å²) in [5.41, 5.74) is -0.863. The van der Waals surface area contributed by atoms with Crippen LogP contribution in [0.4, 0.5) is 0 Å². The third kappa shape index (κ3) is 4.37. The molecule has 0 saturated carbocycles. The number of nitrogens with zero attached hydrogens (tertiary/aromatic N) is 1. The van der Waals surface area contributed by atoms with Crippen molar-refractivity contribution in [1.29, 1.82) is 0 Å². The van der Waals surface area contributed by atoms with E-state index in [2.05, 4.69) is 0 Å². The third-order valence-electron chi connectivity index (χ3n) is 6.17. The molecule has 1 N–H and O–H groups in total. The zero-order chi connectivity index (χ0) is 25.0. The molecule has 1 heterocycles. The Morgan fingerprint density at radius 1 is 1.00 bits per heavy atom. The number of rotatable bonds is 8. The van der Waals surface area contributed by atoms with Crippen molar-refractivity contribution in [2.24, 2.45) is 5.92 Å². The average molecular weight is 472 g/mol. The Morgan fingerprint density at radius 2 is 1.65 bits per heavy atom. The first kappa shape index (κ1) is 24.9. The highest BCUT2D eigenvalue weighted by Crippen LogP contribution is 2.48. The van der Waals surface area contributed by atoms with Gasteiger partial charge in [0.25, 0.3) is 5.91 Å². The monoisotopic (exact) mass is 471 g/mol. The number of esters is 1. The van der Waals surface area contributed by atoms with Crippen molar-refractivity contribution in [3.05, 3.63) is 53.6 Å². The zero-order valence-electron chi connectivity index (χ0n) is 19.9. The van der Waals surface area contributed by atoms with E-state index < -0.39 is 35.3 Å². The van der Waals surface area contributed by atoms with E-state index in [1.54, 1.807) is 37.3 Å². The van der Waals surface area contributed by atoms with E-state index in [0.717, 1.165) is 0 Å². The molecule has 1 fully saturated rings. The second kappa shape index (κ2) is 10.0. The standard InChI is InChI=1S/C25H29NO8/c1-6-34-23(28)18-14-25(2,24(29)30)26(21(18)15-7-10-17(31-3)11-8-15)22(27)16-9-12-19(32-4)20(13-16)33-5/h7-13,18,21H,6,14H2,1-5H3,(H,29,30). The van der Waals surface area contributed by atoms with Crippen molar-refractivity contribution in [3.63, 3.8) is 0 Å². The second-order valence-electron chi connectivity index (χ2n) is 8.10. The minimum absolute atomic E-state index is 0.100. The van der Waals surface area contributed by atoms with Crippen LogP contribution < -0.4 is 14.2 Å². The molecule has 0 radical (unpaired) electrons. The predicted octanol–water partition coefficient (Wildman–Crippen LogP) is 3.32. The van der Waals surface area contributed by atoms with Crippen molar-refractivity contribution < 1.29 is 38.4 Å². The summed E-state index contributed by atoms with van der Waals surface area (Å²) in [4.78, 5) is 40.5. The van der Waals surface area contributed by atoms with Crippen LogP contribution in [0, 0.1) is 5.92 Å². The number of carboxylic acid groups (broad SMARTS) is 1. The number of amides is 1. The van der Waals surface area contributed by atoms with Crippen molar-refractivity contribution >= 4 is 17.8 Å². The van der Waals surface area contributed by atoms with Gasteiger partial charge in [0, 0.05) is 5.56 Å². The Balaban J connectivity index is 2.17. The van der Waals surface area contributed by atoms with E-state index in [9.17, 15) is 19.5 Å². The van der Waals surface area contributed by atoms with Crippen molar-refractivity contribution in [1.82, 2.24) is 4.90 Å². The summed E-state index contributed by atoms with van der Waals surface area (Å²) < 4.78 is 21.1. The van der Waals surface area contributed by atoms with Crippen LogP contribution in [0.5, 0.6) is 17.2 Å². The second-order valence-corrected chi connectivity index (χ2v) is 8.10. The molecule has 0 bridgehead atoms.